The normalized spacial score (nSPS) is 11.1. The maximum atomic E-state index is 13.2. The lowest BCUT2D eigenvalue weighted by Crippen LogP contribution is -2.23. The SMILES string of the molecule is CCOc1ccc(-n2ccc(N)nc2=O)c2c(=O)c3ccccc3sc12. The number of nitrogens with two attached hydrogens (primary N) is 1. The second-order valence-electron chi connectivity index (χ2n) is 5.65. The topological polar surface area (TPSA) is 87.2 Å². The van der Waals surface area contributed by atoms with Gasteiger partial charge in [0.2, 0.25) is 0 Å². The Hall–Kier alpha value is -3.19. The highest BCUT2D eigenvalue weighted by Gasteiger charge is 2.16. The number of nitrogens with zero attached hydrogens (tertiary/aromatic N) is 2. The fourth-order valence-corrected chi connectivity index (χ4v) is 4.10. The molecular weight excluding hydrogens is 350 g/mol. The Labute approximate surface area is 152 Å². The minimum Gasteiger partial charge on any atom is -0.492 e. The summed E-state index contributed by atoms with van der Waals surface area (Å²) in [4.78, 5) is 29.3. The summed E-state index contributed by atoms with van der Waals surface area (Å²) in [6.45, 7) is 2.36. The van der Waals surface area contributed by atoms with Gasteiger partial charge in [0, 0.05) is 16.3 Å². The predicted molar refractivity (Wildman–Crippen MR) is 105 cm³/mol. The van der Waals surface area contributed by atoms with Crippen LogP contribution >= 0.6 is 11.3 Å². The van der Waals surface area contributed by atoms with Crippen LogP contribution < -0.4 is 21.6 Å². The van der Waals surface area contributed by atoms with Crippen molar-refractivity contribution in [3.63, 3.8) is 0 Å². The van der Waals surface area contributed by atoms with Crippen LogP contribution in [0.5, 0.6) is 5.75 Å². The number of hydrogen-bond donors (Lipinski definition) is 1. The van der Waals surface area contributed by atoms with Crippen LogP contribution in [0.2, 0.25) is 0 Å². The number of fused-ring (bicyclic) bond motifs is 2. The molecule has 0 spiro atoms. The Balaban J connectivity index is 2.18. The molecule has 2 heterocycles. The standard InChI is InChI=1S/C19H15N3O3S/c1-2-25-13-8-7-12(22-10-9-15(20)21-19(22)24)16-17(23)11-5-3-4-6-14(11)26-18(13)16/h3-10H,2H2,1H3,(H2,20,21,24). The van der Waals surface area contributed by atoms with Gasteiger partial charge in [-0.3, -0.25) is 9.36 Å². The first-order valence-corrected chi connectivity index (χ1v) is 8.88. The summed E-state index contributed by atoms with van der Waals surface area (Å²) in [5.41, 5.74) is 5.37. The van der Waals surface area contributed by atoms with Gasteiger partial charge >= 0.3 is 5.69 Å². The van der Waals surface area contributed by atoms with Crippen molar-refractivity contribution in [2.75, 3.05) is 12.3 Å². The molecule has 7 heteroatoms. The van der Waals surface area contributed by atoms with Gasteiger partial charge in [-0.2, -0.15) is 4.98 Å². The Morgan fingerprint density at radius 1 is 1.15 bits per heavy atom. The van der Waals surface area contributed by atoms with Crippen LogP contribution in [-0.2, 0) is 0 Å². The molecule has 4 aromatic rings. The van der Waals surface area contributed by atoms with Crippen molar-refractivity contribution in [3.8, 4) is 11.4 Å². The van der Waals surface area contributed by atoms with Crippen LogP contribution in [0.3, 0.4) is 0 Å². The lowest BCUT2D eigenvalue weighted by Gasteiger charge is -2.13. The smallest absolute Gasteiger partial charge is 0.354 e. The lowest BCUT2D eigenvalue weighted by atomic mass is 10.1. The van der Waals surface area contributed by atoms with E-state index in [1.165, 1.54) is 28.2 Å². The number of aromatic nitrogens is 2. The summed E-state index contributed by atoms with van der Waals surface area (Å²) in [5, 5.41) is 1.05. The molecule has 2 aromatic carbocycles. The Kier molecular flexibility index (Phi) is 3.93. The van der Waals surface area contributed by atoms with Gasteiger partial charge in [0.1, 0.15) is 11.6 Å². The van der Waals surface area contributed by atoms with Crippen molar-refractivity contribution in [1.82, 2.24) is 9.55 Å². The van der Waals surface area contributed by atoms with Crippen molar-refractivity contribution in [1.29, 1.82) is 0 Å². The van der Waals surface area contributed by atoms with E-state index in [9.17, 15) is 9.59 Å². The van der Waals surface area contributed by atoms with E-state index in [1.807, 2.05) is 25.1 Å². The van der Waals surface area contributed by atoms with Gasteiger partial charge in [-0.25, -0.2) is 4.79 Å². The summed E-state index contributed by atoms with van der Waals surface area (Å²) in [7, 11) is 0. The molecule has 0 unspecified atom stereocenters. The third-order valence-electron chi connectivity index (χ3n) is 4.05. The zero-order chi connectivity index (χ0) is 18.3. The quantitative estimate of drug-likeness (QED) is 0.564. The number of anilines is 1. The van der Waals surface area contributed by atoms with Gasteiger partial charge in [-0.1, -0.05) is 12.1 Å². The molecule has 0 saturated carbocycles. The molecule has 0 atom stereocenters. The van der Waals surface area contributed by atoms with E-state index >= 15 is 0 Å². The molecule has 0 aliphatic rings. The number of benzene rings is 2. The van der Waals surface area contributed by atoms with Crippen LogP contribution in [-0.4, -0.2) is 16.2 Å². The largest absolute Gasteiger partial charge is 0.492 e. The fraction of sp³-hybridized carbons (Fsp3) is 0.105. The molecule has 0 bridgehead atoms. The minimum atomic E-state index is -0.534. The van der Waals surface area contributed by atoms with Crippen LogP contribution in [0.15, 0.2) is 58.3 Å². The number of ether oxygens (including phenoxy) is 1. The second-order valence-corrected chi connectivity index (χ2v) is 6.70. The number of rotatable bonds is 3. The van der Waals surface area contributed by atoms with Gasteiger partial charge in [-0.15, -0.1) is 11.3 Å². The predicted octanol–water partition coefficient (Wildman–Crippen LogP) is 2.94. The van der Waals surface area contributed by atoms with Gasteiger partial charge in [0.25, 0.3) is 0 Å². The summed E-state index contributed by atoms with van der Waals surface area (Å²) >= 11 is 1.46. The van der Waals surface area contributed by atoms with Gasteiger partial charge < -0.3 is 10.5 Å². The maximum Gasteiger partial charge on any atom is 0.354 e. The third-order valence-corrected chi connectivity index (χ3v) is 5.24. The molecule has 2 N–H and O–H groups in total. The van der Waals surface area contributed by atoms with E-state index in [1.54, 1.807) is 18.2 Å². The second kappa shape index (κ2) is 6.27. The molecule has 0 fully saturated rings. The summed E-state index contributed by atoms with van der Waals surface area (Å²) < 4.78 is 8.61. The van der Waals surface area contributed by atoms with Crippen LogP contribution in [0, 0.1) is 0 Å². The molecule has 130 valence electrons. The first kappa shape index (κ1) is 16.3. The monoisotopic (exact) mass is 365 g/mol. The molecule has 0 aliphatic heterocycles. The molecule has 6 nitrogen and oxygen atoms in total. The zero-order valence-electron chi connectivity index (χ0n) is 13.9. The summed E-state index contributed by atoms with van der Waals surface area (Å²) in [6.07, 6.45) is 1.53. The molecule has 0 aliphatic carbocycles. The van der Waals surface area contributed by atoms with E-state index in [4.69, 9.17) is 10.5 Å². The van der Waals surface area contributed by atoms with E-state index in [0.717, 1.165) is 4.70 Å². The molecule has 0 saturated heterocycles. The molecule has 0 amide bonds. The van der Waals surface area contributed by atoms with E-state index < -0.39 is 5.69 Å². The van der Waals surface area contributed by atoms with Crippen LogP contribution in [0.4, 0.5) is 5.82 Å². The highest BCUT2D eigenvalue weighted by molar-refractivity contribution is 7.25. The first-order chi connectivity index (χ1) is 12.6. The lowest BCUT2D eigenvalue weighted by molar-refractivity contribution is 0.345. The summed E-state index contributed by atoms with van der Waals surface area (Å²) in [5.74, 6) is 0.757. The average molecular weight is 365 g/mol. The van der Waals surface area contributed by atoms with Crippen molar-refractivity contribution in [3.05, 3.63) is 69.4 Å². The molecular formula is C19H15N3O3S. The molecule has 0 radical (unpaired) electrons. The van der Waals surface area contributed by atoms with Crippen molar-refractivity contribution in [2.24, 2.45) is 0 Å². The number of hydrogen-bond acceptors (Lipinski definition) is 6. The van der Waals surface area contributed by atoms with Crippen molar-refractivity contribution < 1.29 is 4.74 Å². The highest BCUT2D eigenvalue weighted by Crippen LogP contribution is 2.35. The molecule has 26 heavy (non-hydrogen) atoms. The Morgan fingerprint density at radius 2 is 1.96 bits per heavy atom. The average Bonchev–Trinajstić information content (AvgIpc) is 2.63. The van der Waals surface area contributed by atoms with E-state index in [2.05, 4.69) is 4.98 Å². The first-order valence-electron chi connectivity index (χ1n) is 8.07. The molecule has 4 rings (SSSR count). The van der Waals surface area contributed by atoms with Crippen molar-refractivity contribution >= 4 is 37.3 Å². The Morgan fingerprint density at radius 3 is 2.73 bits per heavy atom. The van der Waals surface area contributed by atoms with Gasteiger partial charge in [0.15, 0.2) is 5.43 Å². The van der Waals surface area contributed by atoms with Gasteiger partial charge in [0.05, 0.1) is 22.4 Å². The summed E-state index contributed by atoms with van der Waals surface area (Å²) in [6, 6.07) is 12.4. The number of nitrogen functional groups attached to an aromatic ring is 1. The van der Waals surface area contributed by atoms with E-state index in [0.29, 0.717) is 33.5 Å². The van der Waals surface area contributed by atoms with Gasteiger partial charge in [-0.05, 0) is 37.3 Å². The fourth-order valence-electron chi connectivity index (χ4n) is 2.93. The van der Waals surface area contributed by atoms with Crippen LogP contribution in [0.1, 0.15) is 6.92 Å². The zero-order valence-corrected chi connectivity index (χ0v) is 14.7. The van der Waals surface area contributed by atoms with Crippen molar-refractivity contribution in [2.45, 2.75) is 6.92 Å². The minimum absolute atomic E-state index is 0.136. The molecule has 2 aromatic heterocycles. The Bertz CT molecular complexity index is 1260. The maximum absolute atomic E-state index is 13.2. The third kappa shape index (κ3) is 2.53. The van der Waals surface area contributed by atoms with E-state index in [-0.39, 0.29) is 11.2 Å². The highest BCUT2D eigenvalue weighted by atomic mass is 32.1. The van der Waals surface area contributed by atoms with Crippen LogP contribution in [0.25, 0.3) is 25.9 Å².